The Hall–Kier alpha value is -1.24. The van der Waals surface area contributed by atoms with E-state index in [1.54, 1.807) is 0 Å². The van der Waals surface area contributed by atoms with Crippen LogP contribution in [0.15, 0.2) is 6.07 Å². The standard InChI is InChI=1S/C18H30N4O2/c1-14-11-16(19-2)21-17(20-14)12-15-3-7-22(8-4-15)13-18(23)5-9-24-10-6-18/h11,15,23H,3-10,12-13H2,1-2H3,(H,19,20,21). The number of hydrogen-bond acceptors (Lipinski definition) is 6. The van der Waals surface area contributed by atoms with Gasteiger partial charge in [-0.3, -0.25) is 0 Å². The summed E-state index contributed by atoms with van der Waals surface area (Å²) in [5.41, 5.74) is 0.468. The van der Waals surface area contributed by atoms with Crippen molar-refractivity contribution in [3.63, 3.8) is 0 Å². The molecule has 0 unspecified atom stereocenters. The molecule has 0 radical (unpaired) electrons. The van der Waals surface area contributed by atoms with Crippen LogP contribution in [0.25, 0.3) is 0 Å². The van der Waals surface area contributed by atoms with E-state index in [9.17, 15) is 5.11 Å². The van der Waals surface area contributed by atoms with Crippen LogP contribution >= 0.6 is 0 Å². The lowest BCUT2D eigenvalue weighted by atomic mass is 9.89. The Balaban J connectivity index is 1.49. The number of piperidine rings is 1. The van der Waals surface area contributed by atoms with E-state index in [4.69, 9.17) is 4.74 Å². The van der Waals surface area contributed by atoms with Crippen molar-refractivity contribution in [2.45, 2.75) is 44.6 Å². The van der Waals surface area contributed by atoms with Gasteiger partial charge in [-0.15, -0.1) is 0 Å². The first-order chi connectivity index (χ1) is 11.6. The third-order valence-electron chi connectivity index (χ3n) is 5.28. The van der Waals surface area contributed by atoms with Gasteiger partial charge in [-0.05, 0) is 38.8 Å². The second-order valence-corrected chi connectivity index (χ2v) is 7.32. The minimum atomic E-state index is -0.549. The molecule has 24 heavy (non-hydrogen) atoms. The van der Waals surface area contributed by atoms with Crippen LogP contribution in [0.4, 0.5) is 5.82 Å². The molecule has 0 aromatic carbocycles. The van der Waals surface area contributed by atoms with Crippen molar-refractivity contribution in [3.05, 3.63) is 17.6 Å². The highest BCUT2D eigenvalue weighted by Crippen LogP contribution is 2.26. The van der Waals surface area contributed by atoms with E-state index in [0.29, 0.717) is 19.1 Å². The van der Waals surface area contributed by atoms with Crippen LogP contribution in [-0.2, 0) is 11.2 Å². The molecule has 134 valence electrons. The largest absolute Gasteiger partial charge is 0.388 e. The maximum atomic E-state index is 10.7. The molecule has 6 nitrogen and oxygen atoms in total. The zero-order valence-corrected chi connectivity index (χ0v) is 14.9. The Morgan fingerprint density at radius 1 is 1.29 bits per heavy atom. The van der Waals surface area contributed by atoms with Crippen molar-refractivity contribution in [2.24, 2.45) is 5.92 Å². The van der Waals surface area contributed by atoms with Crippen LogP contribution in [0.1, 0.15) is 37.2 Å². The Morgan fingerprint density at radius 3 is 2.67 bits per heavy atom. The number of β-amino-alcohol motifs (C(OH)–C–C–N with tert-alkyl or cyclic N) is 1. The summed E-state index contributed by atoms with van der Waals surface area (Å²) >= 11 is 0. The number of nitrogens with zero attached hydrogens (tertiary/aromatic N) is 3. The first-order valence-electron chi connectivity index (χ1n) is 9.11. The number of nitrogens with one attached hydrogen (secondary N) is 1. The van der Waals surface area contributed by atoms with E-state index in [1.807, 2.05) is 20.0 Å². The summed E-state index contributed by atoms with van der Waals surface area (Å²) in [6, 6.07) is 1.97. The quantitative estimate of drug-likeness (QED) is 0.853. The molecule has 2 fully saturated rings. The molecule has 2 saturated heterocycles. The molecule has 0 aliphatic carbocycles. The van der Waals surface area contributed by atoms with Crippen molar-refractivity contribution in [3.8, 4) is 0 Å². The molecular formula is C18H30N4O2. The van der Waals surface area contributed by atoms with Gasteiger partial charge in [0, 0.05) is 57.8 Å². The number of ether oxygens (including phenoxy) is 1. The lowest BCUT2D eigenvalue weighted by Gasteiger charge is -2.39. The highest BCUT2D eigenvalue weighted by Gasteiger charge is 2.33. The van der Waals surface area contributed by atoms with Crippen molar-refractivity contribution in [2.75, 3.05) is 45.2 Å². The minimum Gasteiger partial charge on any atom is -0.388 e. The topological polar surface area (TPSA) is 70.5 Å². The predicted octanol–water partition coefficient (Wildman–Crippen LogP) is 1.62. The van der Waals surface area contributed by atoms with Crippen LogP contribution in [0.5, 0.6) is 0 Å². The highest BCUT2D eigenvalue weighted by molar-refractivity contribution is 5.34. The molecule has 0 spiro atoms. The fourth-order valence-corrected chi connectivity index (χ4v) is 3.78. The van der Waals surface area contributed by atoms with Gasteiger partial charge in [-0.2, -0.15) is 0 Å². The second kappa shape index (κ2) is 7.76. The van der Waals surface area contributed by atoms with Crippen LogP contribution in [0.3, 0.4) is 0 Å². The summed E-state index contributed by atoms with van der Waals surface area (Å²) < 4.78 is 5.37. The third kappa shape index (κ3) is 4.65. The van der Waals surface area contributed by atoms with Gasteiger partial charge in [-0.1, -0.05) is 0 Å². The monoisotopic (exact) mass is 334 g/mol. The minimum absolute atomic E-state index is 0.549. The lowest BCUT2D eigenvalue weighted by Crippen LogP contribution is -2.49. The molecule has 6 heteroatoms. The SMILES string of the molecule is CNc1cc(C)nc(CC2CCN(CC3(O)CCOCC3)CC2)n1. The summed E-state index contributed by atoms with van der Waals surface area (Å²) in [6.45, 7) is 6.28. The molecule has 0 amide bonds. The first-order valence-corrected chi connectivity index (χ1v) is 9.11. The summed E-state index contributed by atoms with van der Waals surface area (Å²) in [4.78, 5) is 11.6. The molecule has 0 atom stereocenters. The summed E-state index contributed by atoms with van der Waals surface area (Å²) in [5.74, 6) is 2.48. The van der Waals surface area contributed by atoms with Crippen LogP contribution in [0, 0.1) is 12.8 Å². The van der Waals surface area contributed by atoms with Crippen LogP contribution in [0.2, 0.25) is 0 Å². The second-order valence-electron chi connectivity index (χ2n) is 7.32. The predicted molar refractivity (Wildman–Crippen MR) is 94.2 cm³/mol. The average Bonchev–Trinajstić information content (AvgIpc) is 2.56. The van der Waals surface area contributed by atoms with Crippen LogP contribution < -0.4 is 5.32 Å². The van der Waals surface area contributed by atoms with Gasteiger partial charge in [0.15, 0.2) is 0 Å². The normalized spacial score (nSPS) is 22.5. The molecular weight excluding hydrogens is 304 g/mol. The van der Waals surface area contributed by atoms with Gasteiger partial charge in [-0.25, -0.2) is 9.97 Å². The van der Waals surface area contributed by atoms with E-state index in [1.165, 1.54) is 0 Å². The zero-order valence-electron chi connectivity index (χ0n) is 14.9. The summed E-state index contributed by atoms with van der Waals surface area (Å²) in [7, 11) is 1.89. The molecule has 1 aromatic heterocycles. The number of anilines is 1. The number of likely N-dealkylation sites (tertiary alicyclic amines) is 1. The van der Waals surface area contributed by atoms with Gasteiger partial charge in [0.1, 0.15) is 11.6 Å². The van der Waals surface area contributed by atoms with Gasteiger partial charge < -0.3 is 20.1 Å². The molecule has 3 heterocycles. The Labute approximate surface area is 144 Å². The van der Waals surface area contributed by atoms with Crippen molar-refractivity contribution >= 4 is 5.82 Å². The average molecular weight is 334 g/mol. The van der Waals surface area contributed by atoms with E-state index >= 15 is 0 Å². The lowest BCUT2D eigenvalue weighted by molar-refractivity contribution is -0.0830. The number of aliphatic hydroxyl groups is 1. The van der Waals surface area contributed by atoms with Crippen molar-refractivity contribution in [1.82, 2.24) is 14.9 Å². The maximum absolute atomic E-state index is 10.7. The van der Waals surface area contributed by atoms with E-state index in [2.05, 4.69) is 20.2 Å². The molecule has 2 N–H and O–H groups in total. The first kappa shape index (κ1) is 17.6. The number of aryl methyl sites for hydroxylation is 1. The van der Waals surface area contributed by atoms with Gasteiger partial charge in [0.2, 0.25) is 0 Å². The molecule has 2 aliphatic rings. The Morgan fingerprint density at radius 2 is 2.00 bits per heavy atom. The Bertz CT molecular complexity index is 538. The van der Waals surface area contributed by atoms with Gasteiger partial charge in [0.05, 0.1) is 5.60 Å². The Kier molecular flexibility index (Phi) is 5.69. The number of rotatable bonds is 5. The van der Waals surface area contributed by atoms with E-state index < -0.39 is 5.60 Å². The van der Waals surface area contributed by atoms with E-state index in [0.717, 1.165) is 69.1 Å². The summed E-state index contributed by atoms with van der Waals surface area (Å²) in [5, 5.41) is 13.8. The fraction of sp³-hybridized carbons (Fsp3) is 0.778. The molecule has 2 aliphatic heterocycles. The highest BCUT2D eigenvalue weighted by atomic mass is 16.5. The molecule has 1 aromatic rings. The molecule has 3 rings (SSSR count). The molecule has 0 saturated carbocycles. The summed E-state index contributed by atoms with van der Waals surface area (Å²) in [6.07, 6.45) is 4.77. The smallest absolute Gasteiger partial charge is 0.131 e. The molecule has 0 bridgehead atoms. The van der Waals surface area contributed by atoms with Crippen molar-refractivity contribution < 1.29 is 9.84 Å². The number of aromatic nitrogens is 2. The van der Waals surface area contributed by atoms with Crippen molar-refractivity contribution in [1.29, 1.82) is 0 Å². The van der Waals surface area contributed by atoms with E-state index in [-0.39, 0.29) is 0 Å². The zero-order chi connectivity index (χ0) is 17.0. The maximum Gasteiger partial charge on any atom is 0.131 e. The van der Waals surface area contributed by atoms with Gasteiger partial charge in [0.25, 0.3) is 0 Å². The third-order valence-corrected chi connectivity index (χ3v) is 5.28. The fourth-order valence-electron chi connectivity index (χ4n) is 3.78. The van der Waals surface area contributed by atoms with Crippen LogP contribution in [-0.4, -0.2) is 65.5 Å². The van der Waals surface area contributed by atoms with Gasteiger partial charge >= 0.3 is 0 Å². The number of hydrogen-bond donors (Lipinski definition) is 2.